The molecule has 0 amide bonds. The quantitative estimate of drug-likeness (QED) is 0.273. The lowest BCUT2D eigenvalue weighted by Crippen LogP contribution is -1.73. The summed E-state index contributed by atoms with van der Waals surface area (Å²) in [6, 6.07) is 0. The van der Waals surface area contributed by atoms with Gasteiger partial charge in [-0.05, 0) is 12.8 Å². The fourth-order valence-electron chi connectivity index (χ4n) is 0.918. The summed E-state index contributed by atoms with van der Waals surface area (Å²) in [6.45, 7) is 2.24. The second-order valence-corrected chi connectivity index (χ2v) is 3.98. The summed E-state index contributed by atoms with van der Waals surface area (Å²) in [5.74, 6) is 1.04. The number of hydrogen-bond acceptors (Lipinski definition) is 2. The molecule has 0 aliphatic rings. The molecule has 0 atom stereocenters. The molecule has 0 rings (SSSR count). The van der Waals surface area contributed by atoms with Crippen LogP contribution in [-0.2, 0) is 0 Å². The maximum Gasteiger partial charge on any atom is 0.0215 e. The molecule has 0 spiro atoms. The van der Waals surface area contributed by atoms with E-state index in [0.29, 0.717) is 0 Å². The Morgan fingerprint density at radius 2 is 2.00 bits per heavy atom. The minimum absolute atomic E-state index is 1.04. The Morgan fingerprint density at radius 3 is 2.64 bits per heavy atom. The molecule has 0 aliphatic heterocycles. The smallest absolute Gasteiger partial charge is 0.0215 e. The third-order valence-corrected chi connectivity index (χ3v) is 2.35. The highest BCUT2D eigenvalue weighted by atomic mass is 33.1. The van der Waals surface area contributed by atoms with Crippen LogP contribution in [0.25, 0.3) is 0 Å². The monoisotopic (exact) mass is 190 g/mol. The molecular weight excluding hydrogens is 172 g/mol. The predicted octanol–water partition coefficient (Wildman–Crippen LogP) is 4.09. The van der Waals surface area contributed by atoms with Gasteiger partial charge in [-0.2, -0.15) is 0 Å². The Hall–Kier alpha value is 0.440. The van der Waals surface area contributed by atoms with Crippen LogP contribution in [0.15, 0.2) is 12.2 Å². The topological polar surface area (TPSA) is 0 Å². The third kappa shape index (κ3) is 10.4. The van der Waals surface area contributed by atoms with Gasteiger partial charge in [0.15, 0.2) is 0 Å². The summed E-state index contributed by atoms with van der Waals surface area (Å²) in [6.07, 6.45) is 11.2. The van der Waals surface area contributed by atoms with Crippen molar-refractivity contribution in [1.82, 2.24) is 0 Å². The zero-order valence-electron chi connectivity index (χ0n) is 7.25. The Morgan fingerprint density at radius 1 is 1.18 bits per heavy atom. The van der Waals surface area contributed by atoms with Crippen molar-refractivity contribution in [2.24, 2.45) is 0 Å². The van der Waals surface area contributed by atoms with Crippen molar-refractivity contribution < 1.29 is 0 Å². The van der Waals surface area contributed by atoms with E-state index in [0.717, 1.165) is 5.75 Å². The van der Waals surface area contributed by atoms with Gasteiger partial charge in [-0.1, -0.05) is 49.1 Å². The largest absolute Gasteiger partial charge is 0.111 e. The lowest BCUT2D eigenvalue weighted by Gasteiger charge is -1.93. The van der Waals surface area contributed by atoms with E-state index < -0.39 is 0 Å². The van der Waals surface area contributed by atoms with Crippen molar-refractivity contribution in [2.75, 3.05) is 5.75 Å². The van der Waals surface area contributed by atoms with Gasteiger partial charge in [0.1, 0.15) is 0 Å². The molecular formula is C9H18S2. The zero-order chi connectivity index (χ0) is 8.36. The molecule has 0 aliphatic carbocycles. The van der Waals surface area contributed by atoms with Crippen molar-refractivity contribution in [3.8, 4) is 0 Å². The maximum absolute atomic E-state index is 4.04. The standard InChI is InChI=1S/C9H18S2/c1-2-3-4-5-6-7-8-9-11-10/h7-8,10H,2-6,9H2,1H3. The van der Waals surface area contributed by atoms with Crippen LogP contribution in [0.3, 0.4) is 0 Å². The summed E-state index contributed by atoms with van der Waals surface area (Å²) in [5.41, 5.74) is 0. The van der Waals surface area contributed by atoms with Gasteiger partial charge in [0.25, 0.3) is 0 Å². The van der Waals surface area contributed by atoms with Crippen LogP contribution in [0.2, 0.25) is 0 Å². The minimum atomic E-state index is 1.04. The Bertz CT molecular complexity index is 89.6. The average molecular weight is 190 g/mol. The number of thiol groups is 1. The highest BCUT2D eigenvalue weighted by molar-refractivity contribution is 8.68. The Balaban J connectivity index is 2.89. The summed E-state index contributed by atoms with van der Waals surface area (Å²) >= 11 is 4.04. The number of rotatable bonds is 7. The van der Waals surface area contributed by atoms with Gasteiger partial charge in [0, 0.05) is 5.75 Å². The van der Waals surface area contributed by atoms with E-state index in [1.54, 1.807) is 10.8 Å². The fraction of sp³-hybridized carbons (Fsp3) is 0.778. The fourth-order valence-corrected chi connectivity index (χ4v) is 1.40. The first-order chi connectivity index (χ1) is 5.41. The highest BCUT2D eigenvalue weighted by Gasteiger charge is 1.83. The zero-order valence-corrected chi connectivity index (χ0v) is 8.96. The molecule has 2 heteroatoms. The van der Waals surface area contributed by atoms with Crippen LogP contribution in [0.5, 0.6) is 0 Å². The van der Waals surface area contributed by atoms with Crippen LogP contribution in [0.4, 0.5) is 0 Å². The second kappa shape index (κ2) is 10.4. The lowest BCUT2D eigenvalue weighted by molar-refractivity contribution is 0.674. The van der Waals surface area contributed by atoms with Gasteiger partial charge in [-0.15, -0.1) is 11.7 Å². The number of allylic oxidation sites excluding steroid dienone is 1. The summed E-state index contributed by atoms with van der Waals surface area (Å²) in [7, 11) is 1.58. The van der Waals surface area contributed by atoms with Gasteiger partial charge in [-0.25, -0.2) is 0 Å². The van der Waals surface area contributed by atoms with Gasteiger partial charge in [0.2, 0.25) is 0 Å². The lowest BCUT2D eigenvalue weighted by atomic mass is 10.1. The van der Waals surface area contributed by atoms with E-state index in [9.17, 15) is 0 Å². The van der Waals surface area contributed by atoms with Crippen molar-refractivity contribution in [1.29, 1.82) is 0 Å². The molecule has 0 aromatic heterocycles. The van der Waals surface area contributed by atoms with Crippen LogP contribution in [0.1, 0.15) is 39.0 Å². The van der Waals surface area contributed by atoms with Crippen LogP contribution >= 0.6 is 22.5 Å². The highest BCUT2D eigenvalue weighted by Crippen LogP contribution is 2.06. The molecule has 0 fully saturated rings. The summed E-state index contributed by atoms with van der Waals surface area (Å²) in [5, 5.41) is 0. The summed E-state index contributed by atoms with van der Waals surface area (Å²) < 4.78 is 0. The minimum Gasteiger partial charge on any atom is -0.111 e. The van der Waals surface area contributed by atoms with E-state index in [2.05, 4.69) is 30.7 Å². The van der Waals surface area contributed by atoms with Crippen molar-refractivity contribution in [3.05, 3.63) is 12.2 Å². The Labute approximate surface area is 79.6 Å². The van der Waals surface area contributed by atoms with Crippen LogP contribution < -0.4 is 0 Å². The van der Waals surface area contributed by atoms with E-state index in [4.69, 9.17) is 0 Å². The summed E-state index contributed by atoms with van der Waals surface area (Å²) in [4.78, 5) is 0. The van der Waals surface area contributed by atoms with E-state index in [1.807, 2.05) is 0 Å². The van der Waals surface area contributed by atoms with Crippen molar-refractivity contribution >= 4 is 22.5 Å². The molecule has 0 aromatic rings. The molecule has 0 saturated carbocycles. The maximum atomic E-state index is 4.04. The molecule has 0 bridgehead atoms. The second-order valence-electron chi connectivity index (χ2n) is 2.62. The van der Waals surface area contributed by atoms with Crippen LogP contribution in [-0.4, -0.2) is 5.75 Å². The number of unbranched alkanes of at least 4 members (excludes halogenated alkanes) is 4. The molecule has 0 nitrogen and oxygen atoms in total. The SMILES string of the molecule is CCCCCCC=CCSS. The average Bonchev–Trinajstić information content (AvgIpc) is 2.03. The van der Waals surface area contributed by atoms with Gasteiger partial charge >= 0.3 is 0 Å². The molecule has 11 heavy (non-hydrogen) atoms. The van der Waals surface area contributed by atoms with E-state index in [-0.39, 0.29) is 0 Å². The van der Waals surface area contributed by atoms with Gasteiger partial charge < -0.3 is 0 Å². The normalized spacial score (nSPS) is 11.1. The third-order valence-electron chi connectivity index (χ3n) is 1.56. The molecule has 0 heterocycles. The van der Waals surface area contributed by atoms with E-state index >= 15 is 0 Å². The van der Waals surface area contributed by atoms with Crippen molar-refractivity contribution in [2.45, 2.75) is 39.0 Å². The Kier molecular flexibility index (Phi) is 10.9. The first-order valence-electron chi connectivity index (χ1n) is 4.33. The van der Waals surface area contributed by atoms with Gasteiger partial charge in [0.05, 0.1) is 0 Å². The molecule has 0 saturated heterocycles. The van der Waals surface area contributed by atoms with Crippen LogP contribution in [0, 0.1) is 0 Å². The van der Waals surface area contributed by atoms with Gasteiger partial charge in [-0.3, -0.25) is 0 Å². The molecule has 0 N–H and O–H groups in total. The molecule has 0 unspecified atom stereocenters. The first kappa shape index (κ1) is 11.4. The predicted molar refractivity (Wildman–Crippen MR) is 59.3 cm³/mol. The molecule has 0 radical (unpaired) electrons. The molecule has 66 valence electrons. The van der Waals surface area contributed by atoms with Crippen molar-refractivity contribution in [3.63, 3.8) is 0 Å². The molecule has 0 aromatic carbocycles. The number of hydrogen-bond donors (Lipinski definition) is 1. The van der Waals surface area contributed by atoms with E-state index in [1.165, 1.54) is 32.1 Å². The first-order valence-corrected chi connectivity index (χ1v) is 6.37.